The lowest BCUT2D eigenvalue weighted by molar-refractivity contribution is -0.00750. The van der Waals surface area contributed by atoms with Crippen molar-refractivity contribution < 1.29 is 14.3 Å². The molecule has 2 aromatic carbocycles. The normalized spacial score (nSPS) is 15.8. The Morgan fingerprint density at radius 2 is 1.72 bits per heavy atom. The highest BCUT2D eigenvalue weighted by molar-refractivity contribution is 5.90. The van der Waals surface area contributed by atoms with E-state index in [-0.39, 0.29) is 5.97 Å². The van der Waals surface area contributed by atoms with Crippen molar-refractivity contribution in [1.82, 2.24) is 0 Å². The first kappa shape index (κ1) is 20.7. The average molecular weight is 389 g/mol. The van der Waals surface area contributed by atoms with Gasteiger partial charge >= 0.3 is 5.97 Å². The molecule has 3 heteroatoms. The lowest BCUT2D eigenvalue weighted by Crippen LogP contribution is -2.37. The summed E-state index contributed by atoms with van der Waals surface area (Å²) in [4.78, 5) is 12.9. The molecule has 0 aromatic heterocycles. The van der Waals surface area contributed by atoms with Crippen molar-refractivity contribution in [1.29, 1.82) is 0 Å². The Bertz CT molecular complexity index is 892. The molecular weight excluding hydrogens is 360 g/mol. The lowest BCUT2D eigenvalue weighted by Gasteiger charge is -2.33. The maximum absolute atomic E-state index is 12.9. The quantitative estimate of drug-likeness (QED) is 0.239. The molecule has 0 fully saturated rings. The average Bonchev–Trinajstić information content (AvgIpc) is 3.05. The molecule has 0 heterocycles. The third kappa shape index (κ3) is 5.28. The fourth-order valence-electron chi connectivity index (χ4n) is 3.61. The van der Waals surface area contributed by atoms with E-state index < -0.39 is 5.60 Å². The molecule has 0 saturated carbocycles. The molecule has 0 radical (unpaired) electrons. The number of benzene rings is 2. The SMILES string of the molecule is C=C=C(OCc1ccccc1)C(C)(OC(=O)c1ccccc1)C1=CCCCCC1. The summed E-state index contributed by atoms with van der Waals surface area (Å²) in [7, 11) is 0. The van der Waals surface area contributed by atoms with Crippen LogP contribution in [0.1, 0.15) is 54.9 Å². The van der Waals surface area contributed by atoms with Crippen LogP contribution in [0, 0.1) is 0 Å². The molecule has 0 N–H and O–H groups in total. The van der Waals surface area contributed by atoms with Crippen LogP contribution >= 0.6 is 0 Å². The van der Waals surface area contributed by atoms with Gasteiger partial charge in [-0.3, -0.25) is 0 Å². The topological polar surface area (TPSA) is 35.5 Å². The number of carbonyl (C=O) groups is 1. The van der Waals surface area contributed by atoms with E-state index in [0.717, 1.165) is 36.8 Å². The lowest BCUT2D eigenvalue weighted by atomic mass is 9.89. The Labute approximate surface area is 173 Å². The van der Waals surface area contributed by atoms with E-state index in [1.807, 2.05) is 55.5 Å². The van der Waals surface area contributed by atoms with E-state index in [1.165, 1.54) is 6.42 Å². The molecule has 1 aliphatic rings. The number of hydrogen-bond acceptors (Lipinski definition) is 3. The minimum atomic E-state index is -1.03. The van der Waals surface area contributed by atoms with Crippen LogP contribution < -0.4 is 0 Å². The zero-order valence-electron chi connectivity index (χ0n) is 17.0. The molecular formula is C26H28O3. The third-order valence-electron chi connectivity index (χ3n) is 5.28. The fourth-order valence-corrected chi connectivity index (χ4v) is 3.61. The van der Waals surface area contributed by atoms with Crippen LogP contribution in [-0.2, 0) is 16.1 Å². The van der Waals surface area contributed by atoms with Gasteiger partial charge in [0.05, 0.1) is 5.56 Å². The van der Waals surface area contributed by atoms with Gasteiger partial charge in [0.2, 0.25) is 0 Å². The zero-order valence-corrected chi connectivity index (χ0v) is 17.0. The number of ether oxygens (including phenoxy) is 2. The van der Waals surface area contributed by atoms with Crippen molar-refractivity contribution in [2.24, 2.45) is 0 Å². The van der Waals surface area contributed by atoms with Gasteiger partial charge in [-0.25, -0.2) is 4.79 Å². The standard InChI is InChI=1S/C26H28O3/c1-3-24(28-20-21-14-8-6-9-15-21)26(2,23-18-12-4-5-13-19-23)29-25(27)22-16-10-7-11-17-22/h6-11,14-18H,1,4-5,12-13,19-20H2,2H3. The summed E-state index contributed by atoms with van der Waals surface area (Å²) in [5, 5.41) is 0. The van der Waals surface area contributed by atoms with Gasteiger partial charge < -0.3 is 9.47 Å². The maximum atomic E-state index is 12.9. The van der Waals surface area contributed by atoms with Crippen molar-refractivity contribution >= 4 is 5.97 Å². The highest BCUT2D eigenvalue weighted by Crippen LogP contribution is 2.36. The highest BCUT2D eigenvalue weighted by Gasteiger charge is 2.39. The molecule has 0 saturated heterocycles. The van der Waals surface area contributed by atoms with Crippen LogP contribution in [0.5, 0.6) is 0 Å². The smallest absolute Gasteiger partial charge is 0.339 e. The molecule has 1 atom stereocenters. The number of esters is 1. The monoisotopic (exact) mass is 388 g/mol. The van der Waals surface area contributed by atoms with E-state index in [2.05, 4.69) is 18.4 Å². The van der Waals surface area contributed by atoms with Crippen LogP contribution in [0.25, 0.3) is 0 Å². The molecule has 1 unspecified atom stereocenters. The summed E-state index contributed by atoms with van der Waals surface area (Å²) in [6, 6.07) is 19.0. The van der Waals surface area contributed by atoms with Gasteiger partial charge in [-0.05, 0) is 55.9 Å². The molecule has 150 valence electrons. The summed E-state index contributed by atoms with van der Waals surface area (Å²) in [5.74, 6) is 0.0630. The molecule has 2 aromatic rings. The van der Waals surface area contributed by atoms with Crippen LogP contribution in [0.3, 0.4) is 0 Å². The van der Waals surface area contributed by atoms with E-state index in [1.54, 1.807) is 12.1 Å². The van der Waals surface area contributed by atoms with Gasteiger partial charge in [0, 0.05) is 0 Å². The molecule has 29 heavy (non-hydrogen) atoms. The molecule has 0 bridgehead atoms. The molecule has 0 amide bonds. The van der Waals surface area contributed by atoms with Crippen LogP contribution in [0.15, 0.2) is 90.4 Å². The van der Waals surface area contributed by atoms with Gasteiger partial charge in [-0.1, -0.05) is 73.3 Å². The highest BCUT2D eigenvalue weighted by atomic mass is 16.6. The predicted octanol–water partition coefficient (Wildman–Crippen LogP) is 6.38. The molecule has 0 aliphatic heterocycles. The predicted molar refractivity (Wildman–Crippen MR) is 115 cm³/mol. The Kier molecular flexibility index (Phi) is 7.10. The van der Waals surface area contributed by atoms with Crippen molar-refractivity contribution in [3.05, 3.63) is 102 Å². The van der Waals surface area contributed by atoms with Crippen LogP contribution in [0.4, 0.5) is 0 Å². The molecule has 0 spiro atoms. The van der Waals surface area contributed by atoms with Crippen molar-refractivity contribution in [2.45, 2.75) is 51.2 Å². The molecule has 1 aliphatic carbocycles. The Hall–Kier alpha value is -3.03. The Balaban J connectivity index is 1.89. The van der Waals surface area contributed by atoms with Gasteiger partial charge in [-0.2, -0.15) is 0 Å². The molecule has 3 nitrogen and oxygen atoms in total. The minimum absolute atomic E-state index is 0.366. The number of hydrogen-bond donors (Lipinski definition) is 0. The number of allylic oxidation sites excluding steroid dienone is 1. The van der Waals surface area contributed by atoms with Crippen LogP contribution in [0.2, 0.25) is 0 Å². The second-order valence-corrected chi connectivity index (χ2v) is 7.40. The largest absolute Gasteiger partial charge is 0.481 e. The number of carbonyl (C=O) groups excluding carboxylic acids is 1. The van der Waals surface area contributed by atoms with E-state index in [9.17, 15) is 4.79 Å². The minimum Gasteiger partial charge on any atom is -0.481 e. The second kappa shape index (κ2) is 9.95. The molecule has 3 rings (SSSR count). The van der Waals surface area contributed by atoms with Crippen molar-refractivity contribution in [2.75, 3.05) is 0 Å². The first-order chi connectivity index (χ1) is 14.1. The Morgan fingerprint density at radius 3 is 2.41 bits per heavy atom. The van der Waals surface area contributed by atoms with Gasteiger partial charge in [-0.15, -0.1) is 0 Å². The van der Waals surface area contributed by atoms with E-state index >= 15 is 0 Å². The summed E-state index contributed by atoms with van der Waals surface area (Å²) in [6.07, 6.45) is 7.39. The number of rotatable bonds is 7. The van der Waals surface area contributed by atoms with Crippen molar-refractivity contribution in [3.8, 4) is 0 Å². The van der Waals surface area contributed by atoms with Gasteiger partial charge in [0.1, 0.15) is 6.61 Å². The third-order valence-corrected chi connectivity index (χ3v) is 5.28. The van der Waals surface area contributed by atoms with E-state index in [4.69, 9.17) is 9.47 Å². The van der Waals surface area contributed by atoms with Gasteiger partial charge in [0.15, 0.2) is 11.4 Å². The van der Waals surface area contributed by atoms with E-state index in [0.29, 0.717) is 17.9 Å². The maximum Gasteiger partial charge on any atom is 0.339 e. The summed E-state index contributed by atoms with van der Waals surface area (Å²) >= 11 is 0. The van der Waals surface area contributed by atoms with Gasteiger partial charge in [0.25, 0.3) is 0 Å². The Morgan fingerprint density at radius 1 is 1.03 bits per heavy atom. The summed E-state index contributed by atoms with van der Waals surface area (Å²) in [6.45, 7) is 6.09. The summed E-state index contributed by atoms with van der Waals surface area (Å²) in [5.41, 5.74) is 4.48. The van der Waals surface area contributed by atoms with Crippen LogP contribution in [-0.4, -0.2) is 11.6 Å². The zero-order chi connectivity index (χ0) is 20.5. The second-order valence-electron chi connectivity index (χ2n) is 7.40. The first-order valence-corrected chi connectivity index (χ1v) is 10.2. The summed E-state index contributed by atoms with van der Waals surface area (Å²) < 4.78 is 12.2. The fraction of sp³-hybridized carbons (Fsp3) is 0.308. The van der Waals surface area contributed by atoms with Crippen molar-refractivity contribution in [3.63, 3.8) is 0 Å². The first-order valence-electron chi connectivity index (χ1n) is 10.2.